The van der Waals surface area contributed by atoms with E-state index in [2.05, 4.69) is 4.74 Å². The van der Waals surface area contributed by atoms with E-state index in [0.717, 1.165) is 5.56 Å². The summed E-state index contributed by atoms with van der Waals surface area (Å²) in [5.74, 6) is -0.803. The number of carbonyl (C=O) groups excluding carboxylic acids is 2. The van der Waals surface area contributed by atoms with Gasteiger partial charge in [-0.3, -0.25) is 4.79 Å². The Morgan fingerprint density at radius 1 is 1.25 bits per heavy atom. The number of nitrogens with two attached hydrogens (primary N) is 1. The van der Waals surface area contributed by atoms with Crippen LogP contribution in [0.15, 0.2) is 30.3 Å². The number of halogens is 3. The Morgan fingerprint density at radius 2 is 1.85 bits per heavy atom. The maximum absolute atomic E-state index is 12.0. The minimum atomic E-state index is -2.67. The zero-order valence-electron chi connectivity index (χ0n) is 10.4. The normalized spacial score (nSPS) is 11.3. The minimum Gasteiger partial charge on any atom is -0.436 e. The van der Waals surface area contributed by atoms with Crippen LogP contribution in [0.3, 0.4) is 0 Å². The summed E-state index contributed by atoms with van der Waals surface area (Å²) in [4.78, 5) is 22.3. The van der Waals surface area contributed by atoms with Crippen molar-refractivity contribution in [3.05, 3.63) is 35.9 Å². The number of primary amides is 1. The summed E-state index contributed by atoms with van der Waals surface area (Å²) >= 11 is 0. The summed E-state index contributed by atoms with van der Waals surface area (Å²) in [6.45, 7) is -0.799. The number of hydrogen-bond donors (Lipinski definition) is 2. The third-order valence-electron chi connectivity index (χ3n) is 2.25. The van der Waals surface area contributed by atoms with Crippen LogP contribution in [-0.4, -0.2) is 31.1 Å². The van der Waals surface area contributed by atoms with Gasteiger partial charge in [0.15, 0.2) is 6.10 Å². The zero-order chi connectivity index (χ0) is 14.3. The largest absolute Gasteiger partial charge is 0.436 e. The molecule has 0 aromatic heterocycles. The first kappa shape index (κ1) is 18.1. The summed E-state index contributed by atoms with van der Waals surface area (Å²) in [6.07, 6.45) is -4.96. The molecule has 2 amide bonds. The first-order valence-electron chi connectivity index (χ1n) is 5.55. The number of carbonyl (C=O) groups is 2. The number of amides is 2. The van der Waals surface area contributed by atoms with Crippen molar-refractivity contribution in [2.24, 2.45) is 5.73 Å². The quantitative estimate of drug-likeness (QED) is 0.835. The van der Waals surface area contributed by atoms with Gasteiger partial charge in [-0.2, -0.15) is 0 Å². The van der Waals surface area contributed by atoms with Crippen LogP contribution >= 0.6 is 12.4 Å². The van der Waals surface area contributed by atoms with Crippen LogP contribution < -0.4 is 11.1 Å². The van der Waals surface area contributed by atoms with E-state index >= 15 is 0 Å². The summed E-state index contributed by atoms with van der Waals surface area (Å²) < 4.78 is 28.6. The van der Waals surface area contributed by atoms with E-state index in [1.807, 2.05) is 5.32 Å². The second-order valence-corrected chi connectivity index (χ2v) is 3.75. The highest BCUT2D eigenvalue weighted by Crippen LogP contribution is 2.06. The molecule has 0 bridgehead atoms. The summed E-state index contributed by atoms with van der Waals surface area (Å²) in [5, 5.41) is 1.99. The van der Waals surface area contributed by atoms with Gasteiger partial charge in [0.05, 0.1) is 6.54 Å². The van der Waals surface area contributed by atoms with Gasteiger partial charge in [0.2, 0.25) is 0 Å². The van der Waals surface area contributed by atoms with Crippen LogP contribution in [0.5, 0.6) is 0 Å². The lowest BCUT2D eigenvalue weighted by Crippen LogP contribution is -2.42. The highest BCUT2D eigenvalue weighted by Gasteiger charge is 2.23. The summed E-state index contributed by atoms with van der Waals surface area (Å²) in [6, 6.07) is 8.71. The molecule has 1 atom stereocenters. The molecule has 5 nitrogen and oxygen atoms in total. The van der Waals surface area contributed by atoms with Gasteiger partial charge >= 0.3 is 6.09 Å². The Bertz CT molecular complexity index is 432. The monoisotopic (exact) mass is 308 g/mol. The Kier molecular flexibility index (Phi) is 8.23. The van der Waals surface area contributed by atoms with E-state index in [1.54, 1.807) is 30.3 Å². The van der Waals surface area contributed by atoms with Crippen LogP contribution in [0.25, 0.3) is 0 Å². The predicted octanol–water partition coefficient (Wildman–Crippen LogP) is 1.50. The van der Waals surface area contributed by atoms with Crippen LogP contribution in [0.1, 0.15) is 5.56 Å². The van der Waals surface area contributed by atoms with Crippen molar-refractivity contribution in [3.63, 3.8) is 0 Å². The number of hydrogen-bond acceptors (Lipinski definition) is 3. The van der Waals surface area contributed by atoms with Crippen molar-refractivity contribution >= 4 is 24.4 Å². The highest BCUT2D eigenvalue weighted by molar-refractivity contribution is 5.85. The lowest BCUT2D eigenvalue weighted by molar-refractivity contribution is -0.130. The highest BCUT2D eigenvalue weighted by atomic mass is 35.5. The first-order valence-corrected chi connectivity index (χ1v) is 5.55. The molecule has 0 saturated carbocycles. The standard InChI is InChI=1S/C12H14F2N2O3.ClH/c13-10(14)7-16-11(17)9(19-12(15)18)6-8-4-2-1-3-5-8;/h1-5,9-10H,6-7H2,(H2,15,18)(H,16,17);1H/t9-;/m0./s1. The SMILES string of the molecule is Cl.NC(=O)O[C@@H](Cc1ccccc1)C(=O)NCC(F)F. The number of benzene rings is 1. The second-order valence-electron chi connectivity index (χ2n) is 3.75. The maximum atomic E-state index is 12.0. The smallest absolute Gasteiger partial charge is 0.405 e. The van der Waals surface area contributed by atoms with Gasteiger partial charge in [-0.15, -0.1) is 12.4 Å². The zero-order valence-corrected chi connectivity index (χ0v) is 11.2. The number of nitrogens with one attached hydrogen (secondary N) is 1. The first-order chi connectivity index (χ1) is 8.99. The molecule has 3 N–H and O–H groups in total. The molecule has 8 heteroatoms. The number of rotatable bonds is 6. The molecule has 0 aliphatic heterocycles. The average Bonchev–Trinajstić information content (AvgIpc) is 2.36. The van der Waals surface area contributed by atoms with Crippen molar-refractivity contribution < 1.29 is 23.1 Å². The Labute approximate surface area is 120 Å². The molecule has 0 heterocycles. The van der Waals surface area contributed by atoms with Crippen LogP contribution in [0.2, 0.25) is 0 Å². The Morgan fingerprint density at radius 3 is 2.35 bits per heavy atom. The molecule has 0 aliphatic carbocycles. The maximum Gasteiger partial charge on any atom is 0.405 e. The average molecular weight is 309 g/mol. The van der Waals surface area contributed by atoms with Crippen molar-refractivity contribution in [2.75, 3.05) is 6.54 Å². The van der Waals surface area contributed by atoms with Crippen molar-refractivity contribution in [2.45, 2.75) is 19.0 Å². The molecule has 1 rings (SSSR count). The lowest BCUT2D eigenvalue weighted by Gasteiger charge is -2.16. The van der Waals surface area contributed by atoms with E-state index in [0.29, 0.717) is 0 Å². The fraction of sp³-hybridized carbons (Fsp3) is 0.333. The Hall–Kier alpha value is -1.89. The molecule has 1 aromatic rings. The molecule has 0 saturated heterocycles. The van der Waals surface area contributed by atoms with Crippen molar-refractivity contribution in [1.29, 1.82) is 0 Å². The molecule has 0 unspecified atom stereocenters. The molecule has 0 fully saturated rings. The van der Waals surface area contributed by atoms with E-state index < -0.39 is 31.1 Å². The number of alkyl halides is 2. The third kappa shape index (κ3) is 6.89. The molecular weight excluding hydrogens is 294 g/mol. The van der Waals surface area contributed by atoms with Gasteiger partial charge in [0.25, 0.3) is 12.3 Å². The van der Waals surface area contributed by atoms with Gasteiger partial charge in [-0.25, -0.2) is 13.6 Å². The molecule has 1 aromatic carbocycles. The van der Waals surface area contributed by atoms with E-state index in [4.69, 9.17) is 5.73 Å². The molecule has 112 valence electrons. The molecule has 20 heavy (non-hydrogen) atoms. The topological polar surface area (TPSA) is 81.4 Å². The number of ether oxygens (including phenoxy) is 1. The third-order valence-corrected chi connectivity index (χ3v) is 2.25. The van der Waals surface area contributed by atoms with Crippen molar-refractivity contribution in [1.82, 2.24) is 5.32 Å². The van der Waals surface area contributed by atoms with E-state index in [-0.39, 0.29) is 18.8 Å². The van der Waals surface area contributed by atoms with E-state index in [9.17, 15) is 18.4 Å². The van der Waals surface area contributed by atoms with E-state index in [1.165, 1.54) is 0 Å². The van der Waals surface area contributed by atoms with Crippen LogP contribution in [0, 0.1) is 0 Å². The fourth-order valence-corrected chi connectivity index (χ4v) is 1.45. The van der Waals surface area contributed by atoms with Crippen molar-refractivity contribution in [3.8, 4) is 0 Å². The minimum absolute atomic E-state index is 0. The second kappa shape index (κ2) is 9.08. The summed E-state index contributed by atoms with van der Waals surface area (Å²) in [7, 11) is 0. The van der Waals surface area contributed by atoms with Gasteiger partial charge in [-0.05, 0) is 5.56 Å². The lowest BCUT2D eigenvalue weighted by atomic mass is 10.1. The van der Waals surface area contributed by atoms with Crippen LogP contribution in [-0.2, 0) is 16.0 Å². The van der Waals surface area contributed by atoms with Crippen LogP contribution in [0.4, 0.5) is 13.6 Å². The fourth-order valence-electron chi connectivity index (χ4n) is 1.45. The van der Waals surface area contributed by atoms with Gasteiger partial charge < -0.3 is 15.8 Å². The van der Waals surface area contributed by atoms with Gasteiger partial charge in [0.1, 0.15) is 0 Å². The Balaban J connectivity index is 0.00000361. The molecule has 0 aliphatic rings. The summed E-state index contributed by atoms with van der Waals surface area (Å²) in [5.41, 5.74) is 5.57. The molecule has 0 spiro atoms. The van der Waals surface area contributed by atoms with Gasteiger partial charge in [0, 0.05) is 6.42 Å². The molecule has 0 radical (unpaired) electrons. The predicted molar refractivity (Wildman–Crippen MR) is 70.9 cm³/mol. The molecular formula is C12H15ClF2N2O3. The van der Waals surface area contributed by atoms with Gasteiger partial charge in [-0.1, -0.05) is 30.3 Å².